The summed E-state index contributed by atoms with van der Waals surface area (Å²) in [4.78, 5) is 37.2. The molecule has 0 aromatic carbocycles. The molecule has 0 aromatic heterocycles. The van der Waals surface area contributed by atoms with E-state index in [4.69, 9.17) is 14.2 Å². The second-order valence-electron chi connectivity index (χ2n) is 6.30. The number of rotatable bonds is 4. The van der Waals surface area contributed by atoms with Crippen molar-refractivity contribution in [1.29, 1.82) is 0 Å². The summed E-state index contributed by atoms with van der Waals surface area (Å²) in [6.45, 7) is 6.51. The number of amides is 1. The molecule has 2 rings (SSSR count). The molecular weight excluding hydrogens is 322 g/mol. The van der Waals surface area contributed by atoms with Crippen LogP contribution < -0.4 is 0 Å². The average molecular weight is 343 g/mol. The molecule has 2 heterocycles. The zero-order valence-electron chi connectivity index (χ0n) is 13.9. The van der Waals surface area contributed by atoms with Gasteiger partial charge in [-0.2, -0.15) is 0 Å². The van der Waals surface area contributed by atoms with Crippen LogP contribution in [0.3, 0.4) is 0 Å². The first kappa shape index (κ1) is 17.8. The zero-order valence-corrected chi connectivity index (χ0v) is 14.7. The van der Waals surface area contributed by atoms with Crippen molar-refractivity contribution in [2.75, 3.05) is 19.5 Å². The predicted molar refractivity (Wildman–Crippen MR) is 83.4 cm³/mol. The van der Waals surface area contributed by atoms with E-state index in [9.17, 15) is 14.4 Å². The Morgan fingerprint density at radius 2 is 2.00 bits per heavy atom. The van der Waals surface area contributed by atoms with Gasteiger partial charge in [0.15, 0.2) is 6.10 Å². The van der Waals surface area contributed by atoms with Crippen LogP contribution in [0.25, 0.3) is 0 Å². The number of carbonyl (C=O) groups is 3. The van der Waals surface area contributed by atoms with Crippen molar-refractivity contribution in [2.24, 2.45) is 0 Å². The number of fused-ring (bicyclic) bond motifs is 1. The summed E-state index contributed by atoms with van der Waals surface area (Å²) in [6.07, 6.45) is -0.562. The number of hydrogen-bond donors (Lipinski definition) is 0. The highest BCUT2D eigenvalue weighted by molar-refractivity contribution is 8.00. The van der Waals surface area contributed by atoms with E-state index in [1.54, 1.807) is 20.8 Å². The molecular formula is C15H21NO6S. The van der Waals surface area contributed by atoms with Crippen LogP contribution in [0, 0.1) is 0 Å². The molecule has 7 nitrogen and oxygen atoms in total. The molecule has 0 spiro atoms. The van der Waals surface area contributed by atoms with Crippen molar-refractivity contribution in [1.82, 2.24) is 4.90 Å². The van der Waals surface area contributed by atoms with E-state index in [2.05, 4.69) is 0 Å². The highest BCUT2D eigenvalue weighted by Gasteiger charge is 2.54. The Kier molecular flexibility index (Phi) is 5.05. The Morgan fingerprint density at radius 3 is 2.52 bits per heavy atom. The standard InChI is InChI=1S/C15H21NO6S/c1-8(17)21-6-9-7-23-13-11(20-5)12(18)16(13)10(9)14(19)22-15(2,3)4/h11,13H,6-7H2,1-5H3. The maximum Gasteiger partial charge on any atom is 0.355 e. The van der Waals surface area contributed by atoms with Crippen LogP contribution in [-0.2, 0) is 28.6 Å². The second kappa shape index (κ2) is 6.52. The summed E-state index contributed by atoms with van der Waals surface area (Å²) in [5, 5.41) is -0.254. The van der Waals surface area contributed by atoms with Crippen molar-refractivity contribution in [3.63, 3.8) is 0 Å². The molecule has 0 saturated carbocycles. The first-order valence-corrected chi connectivity index (χ1v) is 8.27. The van der Waals surface area contributed by atoms with Crippen molar-refractivity contribution in [3.8, 4) is 0 Å². The molecule has 0 N–H and O–H groups in total. The van der Waals surface area contributed by atoms with Gasteiger partial charge in [-0.05, 0) is 20.8 Å². The molecule has 1 fully saturated rings. The van der Waals surface area contributed by atoms with Crippen LogP contribution in [0.2, 0.25) is 0 Å². The fourth-order valence-electron chi connectivity index (χ4n) is 2.35. The van der Waals surface area contributed by atoms with Gasteiger partial charge in [0.05, 0.1) is 0 Å². The highest BCUT2D eigenvalue weighted by Crippen LogP contribution is 2.42. The van der Waals surface area contributed by atoms with E-state index < -0.39 is 23.6 Å². The average Bonchev–Trinajstić information content (AvgIpc) is 2.42. The fraction of sp³-hybridized carbons (Fsp3) is 0.667. The minimum Gasteiger partial charge on any atom is -0.461 e. The molecule has 1 amide bonds. The quantitative estimate of drug-likeness (QED) is 0.558. The number of esters is 2. The van der Waals surface area contributed by atoms with Gasteiger partial charge in [-0.15, -0.1) is 11.8 Å². The number of nitrogens with zero attached hydrogens (tertiary/aromatic N) is 1. The van der Waals surface area contributed by atoms with Gasteiger partial charge in [0.1, 0.15) is 23.3 Å². The summed E-state index contributed by atoms with van der Waals surface area (Å²) < 4.78 is 15.6. The largest absolute Gasteiger partial charge is 0.461 e. The van der Waals surface area contributed by atoms with E-state index in [1.165, 1.54) is 30.7 Å². The molecule has 8 heteroatoms. The molecule has 0 aromatic rings. The lowest BCUT2D eigenvalue weighted by atomic mass is 10.1. The highest BCUT2D eigenvalue weighted by atomic mass is 32.2. The van der Waals surface area contributed by atoms with Gasteiger partial charge in [-0.3, -0.25) is 14.5 Å². The lowest BCUT2D eigenvalue weighted by molar-refractivity contribution is -0.167. The van der Waals surface area contributed by atoms with Crippen LogP contribution in [0.1, 0.15) is 27.7 Å². The molecule has 23 heavy (non-hydrogen) atoms. The van der Waals surface area contributed by atoms with Gasteiger partial charge in [-0.25, -0.2) is 4.79 Å². The van der Waals surface area contributed by atoms with Gasteiger partial charge >= 0.3 is 11.9 Å². The third-order valence-electron chi connectivity index (χ3n) is 3.29. The van der Waals surface area contributed by atoms with Crippen LogP contribution in [0.15, 0.2) is 11.3 Å². The minimum atomic E-state index is -0.689. The van der Waals surface area contributed by atoms with Crippen LogP contribution >= 0.6 is 11.8 Å². The molecule has 0 aliphatic carbocycles. The predicted octanol–water partition coefficient (Wildman–Crippen LogP) is 1.08. The van der Waals surface area contributed by atoms with Crippen LogP contribution in [0.4, 0.5) is 0 Å². The van der Waals surface area contributed by atoms with Crippen molar-refractivity contribution >= 4 is 29.6 Å². The third kappa shape index (κ3) is 3.69. The third-order valence-corrected chi connectivity index (χ3v) is 4.61. The van der Waals surface area contributed by atoms with E-state index in [0.29, 0.717) is 11.3 Å². The monoisotopic (exact) mass is 343 g/mol. The number of carbonyl (C=O) groups excluding carboxylic acids is 3. The molecule has 2 aliphatic rings. The Labute approximate surface area is 139 Å². The van der Waals surface area contributed by atoms with Gasteiger partial charge in [0.2, 0.25) is 0 Å². The van der Waals surface area contributed by atoms with Crippen molar-refractivity contribution < 1.29 is 28.6 Å². The maximum absolute atomic E-state index is 12.5. The molecule has 2 atom stereocenters. The van der Waals surface area contributed by atoms with E-state index in [1.807, 2.05) is 0 Å². The molecule has 1 saturated heterocycles. The summed E-state index contributed by atoms with van der Waals surface area (Å²) in [6, 6.07) is 0. The lowest BCUT2D eigenvalue weighted by Gasteiger charge is -2.49. The number of β-lactam (4-membered cyclic amide) rings is 1. The molecule has 2 unspecified atom stereocenters. The molecule has 2 aliphatic heterocycles. The SMILES string of the molecule is COC1C(=O)N2C(C(=O)OC(C)(C)C)=C(COC(C)=O)CSC12. The van der Waals surface area contributed by atoms with E-state index in [0.717, 1.165) is 0 Å². The maximum atomic E-state index is 12.5. The first-order chi connectivity index (χ1) is 10.7. The number of methoxy groups -OCH3 is 1. The Balaban J connectivity index is 2.31. The Bertz CT molecular complexity index is 565. The smallest absolute Gasteiger partial charge is 0.355 e. The topological polar surface area (TPSA) is 82.1 Å². The van der Waals surface area contributed by atoms with Gasteiger partial charge in [-0.1, -0.05) is 0 Å². The van der Waals surface area contributed by atoms with Crippen LogP contribution in [-0.4, -0.2) is 59.3 Å². The Morgan fingerprint density at radius 1 is 1.35 bits per heavy atom. The molecule has 0 radical (unpaired) electrons. The van der Waals surface area contributed by atoms with Crippen molar-refractivity contribution in [2.45, 2.75) is 44.8 Å². The van der Waals surface area contributed by atoms with E-state index >= 15 is 0 Å². The Hall–Kier alpha value is -1.54. The fourth-order valence-corrected chi connectivity index (χ4v) is 3.70. The molecule has 128 valence electrons. The van der Waals surface area contributed by atoms with Crippen LogP contribution in [0.5, 0.6) is 0 Å². The molecule has 0 bridgehead atoms. The zero-order chi connectivity index (χ0) is 17.4. The van der Waals surface area contributed by atoms with Gasteiger partial charge in [0.25, 0.3) is 5.91 Å². The summed E-state index contributed by atoms with van der Waals surface area (Å²) >= 11 is 1.47. The minimum absolute atomic E-state index is 0.0366. The number of thioether (sulfide) groups is 1. The second-order valence-corrected chi connectivity index (χ2v) is 7.41. The number of hydrogen-bond acceptors (Lipinski definition) is 7. The van der Waals surface area contributed by atoms with Gasteiger partial charge in [0, 0.05) is 25.4 Å². The summed E-state index contributed by atoms with van der Waals surface area (Å²) in [7, 11) is 1.46. The number of ether oxygens (including phenoxy) is 3. The summed E-state index contributed by atoms with van der Waals surface area (Å²) in [5.41, 5.74) is 0.0486. The van der Waals surface area contributed by atoms with E-state index in [-0.39, 0.29) is 23.6 Å². The van der Waals surface area contributed by atoms with Crippen molar-refractivity contribution in [3.05, 3.63) is 11.3 Å². The summed E-state index contributed by atoms with van der Waals surface area (Å²) in [5.74, 6) is -0.854. The first-order valence-electron chi connectivity index (χ1n) is 7.22. The van der Waals surface area contributed by atoms with Gasteiger partial charge < -0.3 is 14.2 Å². The lowest BCUT2D eigenvalue weighted by Crippen LogP contribution is -2.65. The normalized spacial score (nSPS) is 24.0.